The van der Waals surface area contributed by atoms with Crippen molar-refractivity contribution in [1.82, 2.24) is 4.90 Å². The van der Waals surface area contributed by atoms with Crippen molar-refractivity contribution in [2.45, 2.75) is 45.7 Å². The predicted octanol–water partition coefficient (Wildman–Crippen LogP) is 1.91. The van der Waals surface area contributed by atoms with Crippen LogP contribution in [-0.4, -0.2) is 34.5 Å². The van der Waals surface area contributed by atoms with Crippen LogP contribution in [0.2, 0.25) is 0 Å². The number of amides is 1. The molecule has 0 aliphatic carbocycles. The first-order valence-corrected chi connectivity index (χ1v) is 6.79. The molecule has 1 amide bonds. The van der Waals surface area contributed by atoms with Crippen molar-refractivity contribution in [1.29, 1.82) is 0 Å². The molecule has 0 aliphatic heterocycles. The molecule has 1 rings (SSSR count). The standard InChI is InChI=1S/C15H24N2O2/c1-4-9-17(11(2)3)15(19)14(16)10-12-5-7-13(18)8-6-12/h5-8,11,14,18H,4,9-10,16H2,1-3H3/t14-/m0/s1. The van der Waals surface area contributed by atoms with E-state index >= 15 is 0 Å². The smallest absolute Gasteiger partial charge is 0.240 e. The molecule has 0 saturated carbocycles. The van der Waals surface area contributed by atoms with Gasteiger partial charge in [-0.2, -0.15) is 0 Å². The molecule has 0 aliphatic rings. The average molecular weight is 264 g/mol. The molecule has 1 atom stereocenters. The molecule has 1 aromatic rings. The number of benzene rings is 1. The summed E-state index contributed by atoms with van der Waals surface area (Å²) < 4.78 is 0. The molecule has 0 saturated heterocycles. The first-order chi connectivity index (χ1) is 8.95. The minimum atomic E-state index is -0.529. The number of hydrogen-bond acceptors (Lipinski definition) is 3. The van der Waals surface area contributed by atoms with Crippen LogP contribution >= 0.6 is 0 Å². The second kappa shape index (κ2) is 7.14. The number of nitrogens with zero attached hydrogens (tertiary/aromatic N) is 1. The largest absolute Gasteiger partial charge is 0.508 e. The van der Waals surface area contributed by atoms with Crippen LogP contribution in [-0.2, 0) is 11.2 Å². The Hall–Kier alpha value is -1.55. The van der Waals surface area contributed by atoms with Gasteiger partial charge >= 0.3 is 0 Å². The summed E-state index contributed by atoms with van der Waals surface area (Å²) in [6.07, 6.45) is 1.42. The average Bonchev–Trinajstić information content (AvgIpc) is 2.37. The van der Waals surface area contributed by atoms with E-state index < -0.39 is 6.04 Å². The molecule has 1 aromatic carbocycles. The van der Waals surface area contributed by atoms with Gasteiger partial charge in [-0.15, -0.1) is 0 Å². The zero-order chi connectivity index (χ0) is 14.4. The molecule has 106 valence electrons. The van der Waals surface area contributed by atoms with E-state index in [9.17, 15) is 9.90 Å². The minimum Gasteiger partial charge on any atom is -0.508 e. The van der Waals surface area contributed by atoms with Gasteiger partial charge in [0.25, 0.3) is 0 Å². The number of phenolic OH excluding ortho intramolecular Hbond substituents is 1. The molecule has 0 fully saturated rings. The third-order valence-corrected chi connectivity index (χ3v) is 3.08. The Balaban J connectivity index is 2.67. The molecule has 0 bridgehead atoms. The minimum absolute atomic E-state index is 0.00933. The summed E-state index contributed by atoms with van der Waals surface area (Å²) in [4.78, 5) is 14.1. The van der Waals surface area contributed by atoms with Gasteiger partial charge in [-0.05, 0) is 44.4 Å². The summed E-state index contributed by atoms with van der Waals surface area (Å²) in [6.45, 7) is 6.79. The van der Waals surface area contributed by atoms with Crippen LogP contribution in [0.15, 0.2) is 24.3 Å². The highest BCUT2D eigenvalue weighted by atomic mass is 16.3. The van der Waals surface area contributed by atoms with Crippen LogP contribution < -0.4 is 5.73 Å². The van der Waals surface area contributed by atoms with Gasteiger partial charge in [0.05, 0.1) is 6.04 Å². The van der Waals surface area contributed by atoms with E-state index in [0.29, 0.717) is 6.42 Å². The Morgan fingerprint density at radius 1 is 1.32 bits per heavy atom. The summed E-state index contributed by atoms with van der Waals surface area (Å²) in [5.74, 6) is 0.211. The van der Waals surface area contributed by atoms with Crippen molar-refractivity contribution < 1.29 is 9.90 Å². The van der Waals surface area contributed by atoms with Crippen LogP contribution in [0.1, 0.15) is 32.8 Å². The van der Waals surface area contributed by atoms with Gasteiger partial charge in [-0.3, -0.25) is 4.79 Å². The fourth-order valence-corrected chi connectivity index (χ4v) is 2.05. The Kier molecular flexibility index (Phi) is 5.83. The molecular formula is C15H24N2O2. The summed E-state index contributed by atoms with van der Waals surface area (Å²) >= 11 is 0. The van der Waals surface area contributed by atoms with Crippen molar-refractivity contribution in [3.8, 4) is 5.75 Å². The number of phenols is 1. The Bertz CT molecular complexity index is 401. The quantitative estimate of drug-likeness (QED) is 0.824. The number of carbonyl (C=O) groups excluding carboxylic acids is 1. The van der Waals surface area contributed by atoms with Crippen LogP contribution in [0.5, 0.6) is 5.75 Å². The van der Waals surface area contributed by atoms with Crippen LogP contribution in [0.25, 0.3) is 0 Å². The van der Waals surface area contributed by atoms with Crippen molar-refractivity contribution >= 4 is 5.91 Å². The van der Waals surface area contributed by atoms with Gasteiger partial charge in [-0.1, -0.05) is 19.1 Å². The van der Waals surface area contributed by atoms with Crippen molar-refractivity contribution in [2.75, 3.05) is 6.54 Å². The van der Waals surface area contributed by atoms with Crippen LogP contribution in [0, 0.1) is 0 Å². The highest BCUT2D eigenvalue weighted by Crippen LogP contribution is 2.12. The lowest BCUT2D eigenvalue weighted by molar-refractivity contribution is -0.134. The number of rotatable bonds is 6. The lowest BCUT2D eigenvalue weighted by Crippen LogP contribution is -2.48. The second-order valence-electron chi connectivity index (χ2n) is 5.10. The molecule has 0 heterocycles. The van der Waals surface area contributed by atoms with Gasteiger partial charge in [0.1, 0.15) is 5.75 Å². The SMILES string of the molecule is CCCN(C(=O)[C@@H](N)Cc1ccc(O)cc1)C(C)C. The molecule has 3 N–H and O–H groups in total. The van der Waals surface area contributed by atoms with Crippen molar-refractivity contribution in [2.24, 2.45) is 5.73 Å². The Morgan fingerprint density at radius 3 is 2.37 bits per heavy atom. The molecule has 0 aromatic heterocycles. The van der Waals surface area contributed by atoms with Crippen LogP contribution in [0.3, 0.4) is 0 Å². The van der Waals surface area contributed by atoms with E-state index in [2.05, 4.69) is 0 Å². The maximum atomic E-state index is 12.3. The predicted molar refractivity (Wildman–Crippen MR) is 76.9 cm³/mol. The Morgan fingerprint density at radius 2 is 1.89 bits per heavy atom. The first-order valence-electron chi connectivity index (χ1n) is 6.79. The monoisotopic (exact) mass is 264 g/mol. The number of nitrogens with two attached hydrogens (primary N) is 1. The van der Waals surface area contributed by atoms with E-state index in [0.717, 1.165) is 18.5 Å². The van der Waals surface area contributed by atoms with E-state index in [-0.39, 0.29) is 17.7 Å². The normalized spacial score (nSPS) is 12.5. The highest BCUT2D eigenvalue weighted by Gasteiger charge is 2.22. The van der Waals surface area contributed by atoms with Crippen molar-refractivity contribution in [3.05, 3.63) is 29.8 Å². The third kappa shape index (κ3) is 4.56. The lowest BCUT2D eigenvalue weighted by atomic mass is 10.0. The van der Waals surface area contributed by atoms with Gasteiger partial charge in [0.2, 0.25) is 5.91 Å². The third-order valence-electron chi connectivity index (χ3n) is 3.08. The van der Waals surface area contributed by atoms with Gasteiger partial charge < -0.3 is 15.7 Å². The molecule has 0 unspecified atom stereocenters. The maximum absolute atomic E-state index is 12.3. The second-order valence-corrected chi connectivity index (χ2v) is 5.10. The zero-order valence-electron chi connectivity index (χ0n) is 12.0. The fourth-order valence-electron chi connectivity index (χ4n) is 2.05. The van der Waals surface area contributed by atoms with Gasteiger partial charge in [0, 0.05) is 12.6 Å². The summed E-state index contributed by atoms with van der Waals surface area (Å²) in [5.41, 5.74) is 6.96. The van der Waals surface area contributed by atoms with Gasteiger partial charge in [0.15, 0.2) is 0 Å². The van der Waals surface area contributed by atoms with E-state index in [1.165, 1.54) is 0 Å². The Labute approximate surface area is 115 Å². The number of carbonyl (C=O) groups is 1. The van der Waals surface area contributed by atoms with Gasteiger partial charge in [-0.25, -0.2) is 0 Å². The zero-order valence-corrected chi connectivity index (χ0v) is 12.0. The molecule has 0 spiro atoms. The van der Waals surface area contributed by atoms with E-state index in [4.69, 9.17) is 5.73 Å². The molecule has 0 radical (unpaired) electrons. The fraction of sp³-hybridized carbons (Fsp3) is 0.533. The maximum Gasteiger partial charge on any atom is 0.240 e. The van der Waals surface area contributed by atoms with Crippen molar-refractivity contribution in [3.63, 3.8) is 0 Å². The molecule has 19 heavy (non-hydrogen) atoms. The molecule has 4 heteroatoms. The number of hydrogen-bond donors (Lipinski definition) is 2. The highest BCUT2D eigenvalue weighted by molar-refractivity contribution is 5.82. The van der Waals surface area contributed by atoms with E-state index in [1.54, 1.807) is 24.3 Å². The topological polar surface area (TPSA) is 66.6 Å². The summed E-state index contributed by atoms with van der Waals surface area (Å²) in [5, 5.41) is 9.22. The number of aromatic hydroxyl groups is 1. The summed E-state index contributed by atoms with van der Waals surface area (Å²) in [6, 6.07) is 6.44. The van der Waals surface area contributed by atoms with Crippen LogP contribution in [0.4, 0.5) is 0 Å². The molecule has 4 nitrogen and oxygen atoms in total. The van der Waals surface area contributed by atoms with E-state index in [1.807, 2.05) is 25.7 Å². The first kappa shape index (κ1) is 15.5. The summed E-state index contributed by atoms with van der Waals surface area (Å²) in [7, 11) is 0. The lowest BCUT2D eigenvalue weighted by Gasteiger charge is -2.29. The molecular weight excluding hydrogens is 240 g/mol.